The van der Waals surface area contributed by atoms with Crippen molar-refractivity contribution in [1.82, 2.24) is 4.98 Å². The molecule has 12 heavy (non-hydrogen) atoms. The summed E-state index contributed by atoms with van der Waals surface area (Å²) >= 11 is 7.36. The molecule has 0 unspecified atom stereocenters. The van der Waals surface area contributed by atoms with Gasteiger partial charge in [0.05, 0.1) is 0 Å². The molecule has 4 heteroatoms. The van der Waals surface area contributed by atoms with Crippen molar-refractivity contribution in [2.75, 3.05) is 11.9 Å². The van der Waals surface area contributed by atoms with Crippen LogP contribution in [0.4, 0.5) is 5.13 Å². The minimum Gasteiger partial charge on any atom is -0.348 e. The summed E-state index contributed by atoms with van der Waals surface area (Å²) in [6, 6.07) is 0.701. The number of halogens is 1. The highest BCUT2D eigenvalue weighted by molar-refractivity contribution is 7.14. The molecule has 0 aromatic carbocycles. The normalized spacial score (nSPS) is 17.5. The van der Waals surface area contributed by atoms with Crippen LogP contribution in [0.2, 0.25) is 5.15 Å². The summed E-state index contributed by atoms with van der Waals surface area (Å²) in [5.41, 5.74) is 0. The Kier molecular flexibility index (Phi) is 2.24. The molecule has 0 atom stereocenters. The van der Waals surface area contributed by atoms with Gasteiger partial charge in [-0.05, 0) is 19.3 Å². The van der Waals surface area contributed by atoms with Crippen molar-refractivity contribution < 1.29 is 0 Å². The second kappa shape index (κ2) is 3.23. The van der Waals surface area contributed by atoms with E-state index in [9.17, 15) is 0 Å². The van der Waals surface area contributed by atoms with E-state index in [1.165, 1.54) is 19.3 Å². The van der Waals surface area contributed by atoms with Crippen LogP contribution < -0.4 is 4.90 Å². The Morgan fingerprint density at radius 3 is 2.83 bits per heavy atom. The van der Waals surface area contributed by atoms with E-state index in [2.05, 4.69) is 16.9 Å². The zero-order valence-electron chi connectivity index (χ0n) is 6.96. The smallest absolute Gasteiger partial charge is 0.186 e. The standard InChI is InChI=1S/C8H11ClN2S/c1-11(6-3-2-4-6)8-10-7(9)5-12-8/h5-6H,2-4H2,1H3. The zero-order chi connectivity index (χ0) is 8.55. The van der Waals surface area contributed by atoms with E-state index in [1.54, 1.807) is 11.3 Å². The van der Waals surface area contributed by atoms with Crippen LogP contribution in [0.25, 0.3) is 0 Å². The van der Waals surface area contributed by atoms with Crippen LogP contribution in [0.1, 0.15) is 19.3 Å². The summed E-state index contributed by atoms with van der Waals surface area (Å²) in [5, 5.41) is 3.54. The Morgan fingerprint density at radius 1 is 1.67 bits per heavy atom. The van der Waals surface area contributed by atoms with Crippen molar-refractivity contribution in [2.45, 2.75) is 25.3 Å². The molecular weight excluding hydrogens is 192 g/mol. The Bertz CT molecular complexity index is 270. The lowest BCUT2D eigenvalue weighted by atomic mass is 9.92. The van der Waals surface area contributed by atoms with E-state index >= 15 is 0 Å². The van der Waals surface area contributed by atoms with Gasteiger partial charge in [0.25, 0.3) is 0 Å². The second-order valence-corrected chi connectivity index (χ2v) is 4.37. The average molecular weight is 203 g/mol. The molecule has 0 radical (unpaired) electrons. The van der Waals surface area contributed by atoms with Gasteiger partial charge >= 0.3 is 0 Å². The molecule has 0 aliphatic heterocycles. The molecule has 2 nitrogen and oxygen atoms in total. The van der Waals surface area contributed by atoms with Gasteiger partial charge in [-0.1, -0.05) is 11.6 Å². The summed E-state index contributed by atoms with van der Waals surface area (Å²) in [4.78, 5) is 6.46. The molecule has 1 aliphatic rings. The number of rotatable bonds is 2. The van der Waals surface area contributed by atoms with Crippen LogP contribution in [0.15, 0.2) is 5.38 Å². The van der Waals surface area contributed by atoms with Crippen LogP contribution in [0.3, 0.4) is 0 Å². The lowest BCUT2D eigenvalue weighted by Crippen LogP contribution is -2.36. The third-order valence-corrected chi connectivity index (χ3v) is 3.64. The third kappa shape index (κ3) is 1.43. The molecule has 1 aromatic rings. The van der Waals surface area contributed by atoms with E-state index < -0.39 is 0 Å². The lowest BCUT2D eigenvalue weighted by molar-refractivity contribution is 0.401. The van der Waals surface area contributed by atoms with Crippen molar-refractivity contribution in [3.8, 4) is 0 Å². The van der Waals surface area contributed by atoms with Crippen molar-refractivity contribution in [1.29, 1.82) is 0 Å². The minimum atomic E-state index is 0.612. The highest BCUT2D eigenvalue weighted by atomic mass is 35.5. The monoisotopic (exact) mass is 202 g/mol. The fraction of sp³-hybridized carbons (Fsp3) is 0.625. The first-order chi connectivity index (χ1) is 5.77. The Balaban J connectivity index is 2.08. The van der Waals surface area contributed by atoms with Gasteiger partial charge in [0.15, 0.2) is 5.13 Å². The van der Waals surface area contributed by atoms with Gasteiger partial charge in [-0.25, -0.2) is 4.98 Å². The van der Waals surface area contributed by atoms with Crippen molar-refractivity contribution in [3.05, 3.63) is 10.5 Å². The van der Waals surface area contributed by atoms with Crippen LogP contribution in [0, 0.1) is 0 Å². The maximum Gasteiger partial charge on any atom is 0.186 e. The molecule has 1 heterocycles. The predicted octanol–water partition coefficient (Wildman–Crippen LogP) is 2.79. The summed E-state index contributed by atoms with van der Waals surface area (Å²) in [7, 11) is 2.10. The van der Waals surface area contributed by atoms with Crippen LogP contribution in [-0.4, -0.2) is 18.1 Å². The lowest BCUT2D eigenvalue weighted by Gasteiger charge is -2.34. The Morgan fingerprint density at radius 2 is 2.42 bits per heavy atom. The van der Waals surface area contributed by atoms with E-state index in [-0.39, 0.29) is 0 Å². The zero-order valence-corrected chi connectivity index (χ0v) is 8.53. The molecule has 0 amide bonds. The number of thiazole rings is 1. The Hall–Kier alpha value is -0.280. The summed E-state index contributed by atoms with van der Waals surface area (Å²) in [6.07, 6.45) is 3.95. The summed E-state index contributed by atoms with van der Waals surface area (Å²) in [6.45, 7) is 0. The number of aromatic nitrogens is 1. The first kappa shape index (κ1) is 8.32. The predicted molar refractivity (Wildman–Crippen MR) is 53.2 cm³/mol. The highest BCUT2D eigenvalue weighted by Gasteiger charge is 2.23. The highest BCUT2D eigenvalue weighted by Crippen LogP contribution is 2.30. The van der Waals surface area contributed by atoms with Gasteiger partial charge in [0, 0.05) is 18.5 Å². The molecule has 0 bridgehead atoms. The van der Waals surface area contributed by atoms with Gasteiger partial charge in [-0.15, -0.1) is 11.3 Å². The van der Waals surface area contributed by atoms with E-state index in [4.69, 9.17) is 11.6 Å². The van der Waals surface area contributed by atoms with E-state index in [1.807, 2.05) is 5.38 Å². The molecule has 1 aromatic heterocycles. The largest absolute Gasteiger partial charge is 0.348 e. The SMILES string of the molecule is CN(c1nc(Cl)cs1)C1CCC1. The average Bonchev–Trinajstić information content (AvgIpc) is 2.31. The quantitative estimate of drug-likeness (QED) is 0.733. The fourth-order valence-corrected chi connectivity index (χ4v) is 2.32. The maximum atomic E-state index is 5.74. The fourth-order valence-electron chi connectivity index (χ4n) is 1.34. The number of hydrogen-bond donors (Lipinski definition) is 0. The first-order valence-corrected chi connectivity index (χ1v) is 5.37. The van der Waals surface area contributed by atoms with Crippen molar-refractivity contribution >= 4 is 28.1 Å². The summed E-state index contributed by atoms with van der Waals surface area (Å²) < 4.78 is 0. The molecule has 66 valence electrons. The molecule has 0 N–H and O–H groups in total. The number of nitrogens with zero attached hydrogens (tertiary/aromatic N) is 2. The van der Waals surface area contributed by atoms with E-state index in [0.29, 0.717) is 11.2 Å². The van der Waals surface area contributed by atoms with Gasteiger partial charge in [-0.2, -0.15) is 0 Å². The number of hydrogen-bond acceptors (Lipinski definition) is 3. The topological polar surface area (TPSA) is 16.1 Å². The molecule has 0 spiro atoms. The maximum absolute atomic E-state index is 5.74. The molecule has 1 fully saturated rings. The van der Waals surface area contributed by atoms with Crippen molar-refractivity contribution in [3.63, 3.8) is 0 Å². The van der Waals surface area contributed by atoms with Crippen molar-refractivity contribution in [2.24, 2.45) is 0 Å². The molecule has 2 rings (SSSR count). The molecule has 1 saturated carbocycles. The van der Waals surface area contributed by atoms with Gasteiger partial charge in [0.1, 0.15) is 5.15 Å². The molecule has 0 saturated heterocycles. The van der Waals surface area contributed by atoms with E-state index in [0.717, 1.165) is 5.13 Å². The Labute approximate surface area is 81.2 Å². The molecule has 1 aliphatic carbocycles. The summed E-state index contributed by atoms with van der Waals surface area (Å²) in [5.74, 6) is 0. The third-order valence-electron chi connectivity index (χ3n) is 2.39. The molecular formula is C8H11ClN2S. The first-order valence-electron chi connectivity index (χ1n) is 4.11. The second-order valence-electron chi connectivity index (χ2n) is 3.15. The van der Waals surface area contributed by atoms with Crippen LogP contribution in [0.5, 0.6) is 0 Å². The minimum absolute atomic E-state index is 0.612. The van der Waals surface area contributed by atoms with Gasteiger partial charge < -0.3 is 4.90 Å². The van der Waals surface area contributed by atoms with Gasteiger partial charge in [-0.3, -0.25) is 0 Å². The van der Waals surface area contributed by atoms with Crippen LogP contribution >= 0.6 is 22.9 Å². The van der Waals surface area contributed by atoms with Crippen LogP contribution in [-0.2, 0) is 0 Å². The van der Waals surface area contributed by atoms with Gasteiger partial charge in [0.2, 0.25) is 0 Å². The number of anilines is 1.